The lowest BCUT2D eigenvalue weighted by Crippen LogP contribution is -2.52. The monoisotopic (exact) mass is 396 g/mol. The van der Waals surface area contributed by atoms with Crippen molar-refractivity contribution in [3.8, 4) is 0 Å². The Morgan fingerprint density at radius 1 is 1.10 bits per heavy atom. The summed E-state index contributed by atoms with van der Waals surface area (Å²) in [6.45, 7) is 3.23. The molecule has 3 fully saturated rings. The Morgan fingerprint density at radius 3 is 2.79 bits per heavy atom. The van der Waals surface area contributed by atoms with Crippen LogP contribution in [0.4, 0.5) is 0 Å². The smallest absolute Gasteiger partial charge is 0.255 e. The van der Waals surface area contributed by atoms with Gasteiger partial charge in [0.15, 0.2) is 0 Å². The molecule has 1 aromatic carbocycles. The number of fused-ring (bicyclic) bond motifs is 2. The van der Waals surface area contributed by atoms with Crippen LogP contribution in [0, 0.1) is 11.8 Å². The fourth-order valence-corrected chi connectivity index (χ4v) is 5.78. The number of piperidine rings is 2. The summed E-state index contributed by atoms with van der Waals surface area (Å²) >= 11 is 0. The van der Waals surface area contributed by atoms with Gasteiger partial charge in [-0.2, -0.15) is 0 Å². The van der Waals surface area contributed by atoms with Crippen LogP contribution in [0.1, 0.15) is 53.6 Å². The van der Waals surface area contributed by atoms with Crippen LogP contribution in [0.15, 0.2) is 18.2 Å². The Hall–Kier alpha value is -2.25. The van der Waals surface area contributed by atoms with Gasteiger partial charge in [-0.15, -0.1) is 0 Å². The molecule has 0 radical (unpaired) electrons. The number of rotatable bonds is 3. The Labute approximate surface area is 170 Å². The fraction of sp³-hybridized carbons (Fsp3) is 0.591. The predicted molar refractivity (Wildman–Crippen MR) is 107 cm³/mol. The molecule has 1 aliphatic carbocycles. The minimum atomic E-state index is -0.560. The maximum absolute atomic E-state index is 13.0. The lowest BCUT2D eigenvalue weighted by atomic mass is 9.85. The molecule has 1 saturated carbocycles. The second-order valence-electron chi connectivity index (χ2n) is 9.10. The van der Waals surface area contributed by atoms with Crippen molar-refractivity contribution in [2.24, 2.45) is 17.6 Å². The van der Waals surface area contributed by atoms with Gasteiger partial charge in [-0.25, -0.2) is 0 Å². The normalized spacial score (nSPS) is 32.3. The first-order valence-electron chi connectivity index (χ1n) is 10.7. The van der Waals surface area contributed by atoms with Crippen molar-refractivity contribution in [1.29, 1.82) is 0 Å². The van der Waals surface area contributed by atoms with Gasteiger partial charge in [0.25, 0.3) is 5.91 Å². The van der Waals surface area contributed by atoms with Crippen molar-refractivity contribution in [2.45, 2.75) is 57.3 Å². The molecule has 0 aromatic heterocycles. The summed E-state index contributed by atoms with van der Waals surface area (Å²) in [5, 5.41) is 2.35. The number of imide groups is 1. The molecule has 3 amide bonds. The highest BCUT2D eigenvalue weighted by Crippen LogP contribution is 2.38. The molecule has 0 spiro atoms. The van der Waals surface area contributed by atoms with Crippen molar-refractivity contribution >= 4 is 17.7 Å². The lowest BCUT2D eigenvalue weighted by Gasteiger charge is -2.39. The number of nitrogens with two attached hydrogens (primary N) is 1. The summed E-state index contributed by atoms with van der Waals surface area (Å²) < 4.78 is 0. The maximum Gasteiger partial charge on any atom is 0.255 e. The summed E-state index contributed by atoms with van der Waals surface area (Å²) in [6, 6.07) is 5.77. The van der Waals surface area contributed by atoms with Crippen molar-refractivity contribution < 1.29 is 14.4 Å². The van der Waals surface area contributed by atoms with Gasteiger partial charge in [-0.3, -0.25) is 24.6 Å². The summed E-state index contributed by atoms with van der Waals surface area (Å²) in [7, 11) is 0. The topological polar surface area (TPSA) is 95.7 Å². The van der Waals surface area contributed by atoms with E-state index in [1.54, 1.807) is 4.90 Å². The van der Waals surface area contributed by atoms with E-state index in [9.17, 15) is 14.4 Å². The molecule has 7 heteroatoms. The quantitative estimate of drug-likeness (QED) is 0.744. The van der Waals surface area contributed by atoms with Crippen molar-refractivity contribution in [3.05, 3.63) is 34.9 Å². The molecule has 3 heterocycles. The van der Waals surface area contributed by atoms with E-state index in [0.29, 0.717) is 30.4 Å². The second-order valence-corrected chi connectivity index (χ2v) is 9.10. The molecule has 1 unspecified atom stereocenters. The van der Waals surface area contributed by atoms with E-state index >= 15 is 0 Å². The average molecular weight is 396 g/mol. The van der Waals surface area contributed by atoms with Gasteiger partial charge in [0, 0.05) is 44.2 Å². The van der Waals surface area contributed by atoms with Crippen LogP contribution in [0.3, 0.4) is 0 Å². The number of hydrogen-bond acceptors (Lipinski definition) is 5. The first-order chi connectivity index (χ1) is 14.0. The number of likely N-dealkylation sites (tertiary alicyclic amines) is 1. The van der Waals surface area contributed by atoms with Crippen molar-refractivity contribution in [1.82, 2.24) is 15.1 Å². The Bertz CT molecular complexity index is 870. The number of carbonyl (C=O) groups excluding carboxylic acids is 3. The summed E-state index contributed by atoms with van der Waals surface area (Å²) in [6.07, 6.45) is 4.51. The van der Waals surface area contributed by atoms with E-state index in [2.05, 4.69) is 16.3 Å². The second kappa shape index (κ2) is 7.22. The van der Waals surface area contributed by atoms with E-state index in [1.165, 1.54) is 19.3 Å². The number of nitrogens with zero attached hydrogens (tertiary/aromatic N) is 2. The van der Waals surface area contributed by atoms with Gasteiger partial charge in [-0.05, 0) is 48.3 Å². The SMILES string of the molecule is N[C@@H]1CN(Cc2ccc3c(c2)C(=O)N(C2CCC(=O)NC2=O)C3)C[C@H]2CCC[C@H]21. The number of nitrogens with one attached hydrogen (secondary N) is 1. The van der Waals surface area contributed by atoms with Crippen LogP contribution in [0.5, 0.6) is 0 Å². The van der Waals surface area contributed by atoms with Crippen molar-refractivity contribution in [3.63, 3.8) is 0 Å². The summed E-state index contributed by atoms with van der Waals surface area (Å²) in [4.78, 5) is 40.6. The van der Waals surface area contributed by atoms with Gasteiger partial charge in [0.2, 0.25) is 11.8 Å². The maximum atomic E-state index is 13.0. The molecule has 29 heavy (non-hydrogen) atoms. The third-order valence-corrected chi connectivity index (χ3v) is 7.23. The first-order valence-corrected chi connectivity index (χ1v) is 10.7. The summed E-state index contributed by atoms with van der Waals surface area (Å²) in [5.74, 6) is 0.647. The molecule has 154 valence electrons. The summed E-state index contributed by atoms with van der Waals surface area (Å²) in [5.41, 5.74) is 9.19. The molecule has 7 nitrogen and oxygen atoms in total. The molecule has 4 aliphatic rings. The van der Waals surface area contributed by atoms with Crippen LogP contribution in [0.25, 0.3) is 0 Å². The third-order valence-electron chi connectivity index (χ3n) is 7.23. The molecule has 3 aliphatic heterocycles. The van der Waals surface area contributed by atoms with E-state index in [1.807, 2.05) is 12.1 Å². The third kappa shape index (κ3) is 3.36. The van der Waals surface area contributed by atoms with E-state index in [4.69, 9.17) is 5.73 Å². The number of benzene rings is 1. The molecule has 2 saturated heterocycles. The zero-order valence-electron chi connectivity index (χ0n) is 16.6. The largest absolute Gasteiger partial charge is 0.326 e. The lowest BCUT2D eigenvalue weighted by molar-refractivity contribution is -0.136. The molecule has 4 atom stereocenters. The van der Waals surface area contributed by atoms with Crippen LogP contribution in [-0.2, 0) is 22.7 Å². The standard InChI is InChI=1S/C22H28N4O3/c23-18-12-25(10-14-2-1-3-16(14)18)9-13-4-5-15-11-26(22(29)17(15)8-13)19-6-7-20(27)24-21(19)28/h4-5,8,14,16,18-19H,1-3,6-7,9-12,23H2,(H,24,27,28)/t14-,16-,18-,19?/m1/s1. The molecular weight excluding hydrogens is 368 g/mol. The molecule has 5 rings (SSSR count). The fourth-order valence-electron chi connectivity index (χ4n) is 5.78. The molecular formula is C22H28N4O3. The van der Waals surface area contributed by atoms with E-state index < -0.39 is 6.04 Å². The molecule has 1 aromatic rings. The number of carbonyl (C=O) groups is 3. The van der Waals surface area contributed by atoms with Gasteiger partial charge >= 0.3 is 0 Å². The first kappa shape index (κ1) is 18.8. The van der Waals surface area contributed by atoms with Crippen LogP contribution in [-0.4, -0.2) is 52.7 Å². The van der Waals surface area contributed by atoms with E-state index in [0.717, 1.165) is 30.8 Å². The minimum absolute atomic E-state index is 0.109. The Morgan fingerprint density at radius 2 is 1.97 bits per heavy atom. The Balaban J connectivity index is 1.29. The highest BCUT2D eigenvalue weighted by Gasteiger charge is 2.40. The zero-order valence-corrected chi connectivity index (χ0v) is 16.6. The number of hydrogen-bond donors (Lipinski definition) is 2. The van der Waals surface area contributed by atoms with E-state index in [-0.39, 0.29) is 30.2 Å². The number of amides is 3. The van der Waals surface area contributed by atoms with Crippen LogP contribution in [0.2, 0.25) is 0 Å². The zero-order chi connectivity index (χ0) is 20.1. The average Bonchev–Trinajstić information content (AvgIpc) is 3.27. The van der Waals surface area contributed by atoms with Crippen molar-refractivity contribution in [2.75, 3.05) is 13.1 Å². The highest BCUT2D eigenvalue weighted by atomic mass is 16.2. The van der Waals surface area contributed by atoms with Gasteiger partial charge in [0.1, 0.15) is 6.04 Å². The predicted octanol–water partition coefficient (Wildman–Crippen LogP) is 1.01. The Kier molecular flexibility index (Phi) is 4.67. The van der Waals surface area contributed by atoms with Gasteiger partial charge < -0.3 is 10.6 Å². The van der Waals surface area contributed by atoms with Gasteiger partial charge in [0.05, 0.1) is 0 Å². The minimum Gasteiger partial charge on any atom is -0.326 e. The van der Waals surface area contributed by atoms with Crippen LogP contribution >= 0.6 is 0 Å². The molecule has 3 N–H and O–H groups in total. The molecule has 0 bridgehead atoms. The van der Waals surface area contributed by atoms with Gasteiger partial charge in [-0.1, -0.05) is 18.6 Å². The highest BCUT2D eigenvalue weighted by molar-refractivity contribution is 6.05. The van der Waals surface area contributed by atoms with Crippen LogP contribution < -0.4 is 11.1 Å².